The molecule has 102 valence electrons. The van der Waals surface area contributed by atoms with Crippen molar-refractivity contribution in [2.45, 2.75) is 19.8 Å². The van der Waals surface area contributed by atoms with E-state index in [4.69, 9.17) is 0 Å². The summed E-state index contributed by atoms with van der Waals surface area (Å²) in [5, 5.41) is 0. The van der Waals surface area contributed by atoms with Crippen LogP contribution in [0.15, 0.2) is 29.8 Å². The normalized spacial score (nSPS) is 14.8. The minimum atomic E-state index is -0.0628. The standard InChI is InChI=1S/C15H14N2O2S/c1-10-14(20-9-16-10)15(19)17-8-4-7-13(18)11-5-2-3-6-12(11)17/h2-3,5-6,9H,4,7-8H2,1H3. The molecule has 0 saturated carbocycles. The van der Waals surface area contributed by atoms with E-state index in [2.05, 4.69) is 4.98 Å². The van der Waals surface area contributed by atoms with Crippen molar-refractivity contribution in [1.82, 2.24) is 4.98 Å². The predicted octanol–water partition coefficient (Wildman–Crippen LogP) is 3.07. The van der Waals surface area contributed by atoms with Crippen molar-refractivity contribution in [3.05, 3.63) is 45.9 Å². The van der Waals surface area contributed by atoms with Gasteiger partial charge in [0.2, 0.25) is 0 Å². The van der Waals surface area contributed by atoms with Crippen LogP contribution in [0.1, 0.15) is 38.6 Å². The van der Waals surface area contributed by atoms with E-state index in [0.717, 1.165) is 5.69 Å². The van der Waals surface area contributed by atoms with E-state index in [9.17, 15) is 9.59 Å². The lowest BCUT2D eigenvalue weighted by molar-refractivity contribution is 0.0975. The van der Waals surface area contributed by atoms with E-state index in [1.165, 1.54) is 11.3 Å². The van der Waals surface area contributed by atoms with Crippen molar-refractivity contribution in [3.63, 3.8) is 0 Å². The molecule has 0 spiro atoms. The van der Waals surface area contributed by atoms with E-state index in [1.54, 1.807) is 16.5 Å². The predicted molar refractivity (Wildman–Crippen MR) is 78.5 cm³/mol. The summed E-state index contributed by atoms with van der Waals surface area (Å²) in [5.74, 6) is 0.0454. The highest BCUT2D eigenvalue weighted by Crippen LogP contribution is 2.28. The van der Waals surface area contributed by atoms with Crippen molar-refractivity contribution in [3.8, 4) is 0 Å². The van der Waals surface area contributed by atoms with E-state index in [-0.39, 0.29) is 11.7 Å². The summed E-state index contributed by atoms with van der Waals surface area (Å²) in [7, 11) is 0. The summed E-state index contributed by atoms with van der Waals surface area (Å²) in [6, 6.07) is 7.33. The molecule has 4 nitrogen and oxygen atoms in total. The Bertz CT molecular complexity index is 678. The molecular weight excluding hydrogens is 272 g/mol. The molecule has 0 radical (unpaired) electrons. The van der Waals surface area contributed by atoms with Crippen LogP contribution in [0.3, 0.4) is 0 Å². The van der Waals surface area contributed by atoms with Gasteiger partial charge in [0.05, 0.1) is 16.9 Å². The Labute approximate surface area is 121 Å². The number of hydrogen-bond acceptors (Lipinski definition) is 4. The fourth-order valence-electron chi connectivity index (χ4n) is 2.44. The van der Waals surface area contributed by atoms with Crippen molar-refractivity contribution in [2.75, 3.05) is 11.4 Å². The lowest BCUT2D eigenvalue weighted by Gasteiger charge is -2.21. The van der Waals surface area contributed by atoms with Crippen LogP contribution in [0.5, 0.6) is 0 Å². The zero-order valence-corrected chi connectivity index (χ0v) is 11.9. The number of Topliss-reactive ketones (excluding diaryl/α,β-unsaturated/α-hetero) is 1. The van der Waals surface area contributed by atoms with E-state index in [1.807, 2.05) is 25.1 Å². The molecule has 0 saturated heterocycles. The molecule has 0 aliphatic carbocycles. The zero-order valence-electron chi connectivity index (χ0n) is 11.1. The summed E-state index contributed by atoms with van der Waals surface area (Å²) in [4.78, 5) is 31.3. The van der Waals surface area contributed by atoms with Gasteiger partial charge in [0, 0.05) is 18.5 Å². The Morgan fingerprint density at radius 2 is 2.15 bits per heavy atom. The summed E-state index contributed by atoms with van der Waals surface area (Å²) < 4.78 is 0. The number of carbonyl (C=O) groups is 2. The van der Waals surface area contributed by atoms with Gasteiger partial charge in [-0.05, 0) is 25.5 Å². The molecule has 1 aliphatic heterocycles. The van der Waals surface area contributed by atoms with Crippen LogP contribution in [0.4, 0.5) is 5.69 Å². The highest BCUT2D eigenvalue weighted by molar-refractivity contribution is 7.12. The Morgan fingerprint density at radius 1 is 1.35 bits per heavy atom. The molecule has 20 heavy (non-hydrogen) atoms. The van der Waals surface area contributed by atoms with Gasteiger partial charge in [-0.2, -0.15) is 0 Å². The topological polar surface area (TPSA) is 50.3 Å². The van der Waals surface area contributed by atoms with Crippen LogP contribution in [0, 0.1) is 6.92 Å². The molecule has 2 heterocycles. The Morgan fingerprint density at radius 3 is 2.90 bits per heavy atom. The summed E-state index contributed by atoms with van der Waals surface area (Å²) in [6.07, 6.45) is 1.18. The maximum atomic E-state index is 12.7. The largest absolute Gasteiger partial charge is 0.307 e. The fraction of sp³-hybridized carbons (Fsp3) is 0.267. The Balaban J connectivity index is 2.06. The molecule has 0 fully saturated rings. The van der Waals surface area contributed by atoms with Crippen LogP contribution in [0.25, 0.3) is 0 Å². The van der Waals surface area contributed by atoms with E-state index >= 15 is 0 Å². The molecule has 1 amide bonds. The second kappa shape index (κ2) is 5.17. The van der Waals surface area contributed by atoms with Crippen molar-refractivity contribution in [2.24, 2.45) is 0 Å². The summed E-state index contributed by atoms with van der Waals surface area (Å²) in [5.41, 5.74) is 3.78. The number of thiazole rings is 1. The third kappa shape index (κ3) is 2.14. The van der Waals surface area contributed by atoms with Crippen molar-refractivity contribution < 1.29 is 9.59 Å². The number of anilines is 1. The monoisotopic (exact) mass is 286 g/mol. The average molecular weight is 286 g/mol. The first-order valence-electron chi connectivity index (χ1n) is 6.52. The molecule has 0 unspecified atom stereocenters. The maximum absolute atomic E-state index is 12.7. The summed E-state index contributed by atoms with van der Waals surface area (Å²) >= 11 is 1.35. The second-order valence-electron chi connectivity index (χ2n) is 4.77. The van der Waals surface area contributed by atoms with Gasteiger partial charge in [-0.25, -0.2) is 4.98 Å². The first kappa shape index (κ1) is 13.0. The molecule has 5 heteroatoms. The quantitative estimate of drug-likeness (QED) is 0.809. The number of nitrogens with zero attached hydrogens (tertiary/aromatic N) is 2. The van der Waals surface area contributed by atoms with Crippen molar-refractivity contribution >= 4 is 28.7 Å². The molecule has 0 atom stereocenters. The average Bonchev–Trinajstić information content (AvgIpc) is 2.81. The van der Waals surface area contributed by atoms with Gasteiger partial charge in [0.1, 0.15) is 4.88 Å². The van der Waals surface area contributed by atoms with Gasteiger partial charge in [-0.15, -0.1) is 11.3 Å². The smallest absolute Gasteiger partial charge is 0.270 e. The molecule has 1 aliphatic rings. The third-order valence-electron chi connectivity index (χ3n) is 3.47. The fourth-order valence-corrected chi connectivity index (χ4v) is 3.19. The van der Waals surface area contributed by atoms with E-state index < -0.39 is 0 Å². The number of ketones is 1. The number of hydrogen-bond donors (Lipinski definition) is 0. The van der Waals surface area contributed by atoms with Crippen LogP contribution < -0.4 is 4.90 Å². The Kier molecular flexibility index (Phi) is 3.36. The van der Waals surface area contributed by atoms with Gasteiger partial charge >= 0.3 is 0 Å². The SMILES string of the molecule is Cc1ncsc1C(=O)N1CCCC(=O)c2ccccc21. The van der Waals surface area contributed by atoms with E-state index in [0.29, 0.717) is 35.5 Å². The maximum Gasteiger partial charge on any atom is 0.270 e. The number of para-hydroxylation sites is 1. The van der Waals surface area contributed by atoms with Crippen LogP contribution in [-0.4, -0.2) is 23.2 Å². The minimum absolute atomic E-state index is 0.0628. The van der Waals surface area contributed by atoms with Gasteiger partial charge in [-0.3, -0.25) is 9.59 Å². The number of amides is 1. The number of rotatable bonds is 1. The van der Waals surface area contributed by atoms with Crippen LogP contribution >= 0.6 is 11.3 Å². The summed E-state index contributed by atoms with van der Waals surface area (Å²) in [6.45, 7) is 2.40. The number of fused-ring (bicyclic) bond motifs is 1. The molecular formula is C15H14N2O2S. The number of benzene rings is 1. The van der Waals surface area contributed by atoms with Crippen LogP contribution in [0.2, 0.25) is 0 Å². The third-order valence-corrected chi connectivity index (χ3v) is 4.38. The molecule has 1 aromatic heterocycles. The lowest BCUT2D eigenvalue weighted by Crippen LogP contribution is -2.31. The highest BCUT2D eigenvalue weighted by Gasteiger charge is 2.27. The molecule has 2 aromatic rings. The van der Waals surface area contributed by atoms with Crippen LogP contribution in [-0.2, 0) is 0 Å². The van der Waals surface area contributed by atoms with Gasteiger partial charge in [0.15, 0.2) is 5.78 Å². The zero-order chi connectivity index (χ0) is 14.1. The second-order valence-corrected chi connectivity index (χ2v) is 5.62. The lowest BCUT2D eigenvalue weighted by atomic mass is 10.1. The number of aryl methyl sites for hydroxylation is 1. The van der Waals surface area contributed by atoms with Gasteiger partial charge < -0.3 is 4.90 Å². The molecule has 1 aromatic carbocycles. The minimum Gasteiger partial charge on any atom is -0.307 e. The highest BCUT2D eigenvalue weighted by atomic mass is 32.1. The van der Waals surface area contributed by atoms with Gasteiger partial charge in [0.25, 0.3) is 5.91 Å². The first-order valence-corrected chi connectivity index (χ1v) is 7.40. The molecule has 0 bridgehead atoms. The molecule has 0 N–H and O–H groups in total. The number of carbonyl (C=O) groups excluding carboxylic acids is 2. The Hall–Kier alpha value is -2.01. The number of aromatic nitrogens is 1. The first-order chi connectivity index (χ1) is 9.68. The van der Waals surface area contributed by atoms with Gasteiger partial charge in [-0.1, -0.05) is 12.1 Å². The van der Waals surface area contributed by atoms with Crippen molar-refractivity contribution in [1.29, 1.82) is 0 Å². The molecule has 3 rings (SSSR count).